The highest BCUT2D eigenvalue weighted by molar-refractivity contribution is 7.89. The van der Waals surface area contributed by atoms with E-state index in [1.807, 2.05) is 37.3 Å². The second-order valence-electron chi connectivity index (χ2n) is 8.16. The summed E-state index contributed by atoms with van der Waals surface area (Å²) >= 11 is 0. The third-order valence-electron chi connectivity index (χ3n) is 5.82. The van der Waals surface area contributed by atoms with Gasteiger partial charge in [0.15, 0.2) is 0 Å². The Hall–Kier alpha value is -3.17. The maximum atomic E-state index is 13.2. The molecule has 0 aromatic heterocycles. The maximum Gasteiger partial charge on any atom is 0.405 e. The number of carbonyl (C=O) groups is 2. The van der Waals surface area contributed by atoms with Gasteiger partial charge in [-0.2, -0.15) is 4.31 Å². The summed E-state index contributed by atoms with van der Waals surface area (Å²) in [7, 11) is -3.73. The summed E-state index contributed by atoms with van der Waals surface area (Å²) in [6.45, 7) is 5.56. The summed E-state index contributed by atoms with van der Waals surface area (Å²) in [4.78, 5) is 23.0. The molecule has 3 atom stereocenters. The first-order chi connectivity index (χ1) is 15.7. The predicted molar refractivity (Wildman–Crippen MR) is 125 cm³/mol. The Labute approximate surface area is 194 Å². The van der Waals surface area contributed by atoms with Gasteiger partial charge in [-0.3, -0.25) is 4.79 Å². The van der Waals surface area contributed by atoms with Gasteiger partial charge in [0.2, 0.25) is 15.9 Å². The Kier molecular flexibility index (Phi) is 7.88. The molecule has 1 fully saturated rings. The molecule has 2 amide bonds. The molecular formula is C24H29N3O5S. The summed E-state index contributed by atoms with van der Waals surface area (Å²) in [5.41, 5.74) is 1.65. The Morgan fingerprint density at radius 3 is 2.42 bits per heavy atom. The van der Waals surface area contributed by atoms with Crippen molar-refractivity contribution >= 4 is 22.0 Å². The summed E-state index contributed by atoms with van der Waals surface area (Å²) in [5.74, 6) is -0.265. The van der Waals surface area contributed by atoms with Crippen LogP contribution in [0.2, 0.25) is 0 Å². The molecule has 0 bridgehead atoms. The number of hydrogen-bond acceptors (Lipinski definition) is 4. The predicted octanol–water partition coefficient (Wildman–Crippen LogP) is 3.08. The molecule has 0 spiro atoms. The van der Waals surface area contributed by atoms with Gasteiger partial charge < -0.3 is 15.7 Å². The Bertz CT molecular complexity index is 1090. The molecule has 1 aliphatic heterocycles. The van der Waals surface area contributed by atoms with Gasteiger partial charge in [0.1, 0.15) is 0 Å². The minimum absolute atomic E-state index is 0.0971. The lowest BCUT2D eigenvalue weighted by molar-refractivity contribution is -0.117. The molecule has 2 aromatic rings. The first-order valence-corrected chi connectivity index (χ1v) is 12.2. The lowest BCUT2D eigenvalue weighted by atomic mass is 9.99. The highest BCUT2D eigenvalue weighted by Crippen LogP contribution is 2.27. The number of sulfonamides is 1. The number of amides is 2. The van der Waals surface area contributed by atoms with Gasteiger partial charge in [-0.15, -0.1) is 0 Å². The van der Waals surface area contributed by atoms with Crippen molar-refractivity contribution in [1.82, 2.24) is 14.9 Å². The third-order valence-corrected chi connectivity index (χ3v) is 7.84. The van der Waals surface area contributed by atoms with Gasteiger partial charge in [-0.05, 0) is 55.5 Å². The maximum absolute atomic E-state index is 13.2. The van der Waals surface area contributed by atoms with Gasteiger partial charge in [0.25, 0.3) is 0 Å². The standard InChI is InChI=1S/C24H29N3O5S/c1-3-23(28)25-20-13-14-27(17(2)15-20)33(31,32)21-11-9-19(10-12-21)22(26-24(29)30)16-18-7-5-4-6-8-18/h3-12,17,20,22,26H,1,13-16H2,2H3,(H,25,28)(H,29,30). The Morgan fingerprint density at radius 2 is 1.85 bits per heavy atom. The largest absolute Gasteiger partial charge is 0.465 e. The normalized spacial score (nSPS) is 19.9. The molecule has 3 N–H and O–H groups in total. The lowest BCUT2D eigenvalue weighted by Crippen LogP contribution is -2.50. The number of rotatable bonds is 8. The van der Waals surface area contributed by atoms with E-state index >= 15 is 0 Å². The van der Waals surface area contributed by atoms with Gasteiger partial charge >= 0.3 is 6.09 Å². The zero-order valence-electron chi connectivity index (χ0n) is 18.5. The zero-order chi connectivity index (χ0) is 24.0. The number of benzene rings is 2. The van der Waals surface area contributed by atoms with E-state index in [2.05, 4.69) is 17.2 Å². The summed E-state index contributed by atoms with van der Waals surface area (Å²) in [6.07, 6.45) is 1.54. The van der Waals surface area contributed by atoms with Crippen LogP contribution in [-0.4, -0.2) is 48.5 Å². The number of carbonyl (C=O) groups excluding carboxylic acids is 1. The smallest absolute Gasteiger partial charge is 0.405 e. The number of nitrogens with zero attached hydrogens (tertiary/aromatic N) is 1. The van der Waals surface area contributed by atoms with Crippen molar-refractivity contribution in [3.8, 4) is 0 Å². The van der Waals surface area contributed by atoms with Gasteiger partial charge in [-0.1, -0.05) is 49.0 Å². The van der Waals surface area contributed by atoms with Crippen molar-refractivity contribution < 1.29 is 23.1 Å². The second-order valence-corrected chi connectivity index (χ2v) is 10.1. The van der Waals surface area contributed by atoms with Crippen molar-refractivity contribution in [2.24, 2.45) is 0 Å². The van der Waals surface area contributed by atoms with E-state index < -0.39 is 22.2 Å². The fourth-order valence-corrected chi connectivity index (χ4v) is 5.81. The number of piperidine rings is 1. The fraction of sp³-hybridized carbons (Fsp3) is 0.333. The van der Waals surface area contributed by atoms with Crippen LogP contribution in [0.5, 0.6) is 0 Å². The molecule has 0 radical (unpaired) electrons. The zero-order valence-corrected chi connectivity index (χ0v) is 19.3. The lowest BCUT2D eigenvalue weighted by Gasteiger charge is -2.36. The average molecular weight is 472 g/mol. The molecule has 1 heterocycles. The van der Waals surface area contributed by atoms with E-state index in [-0.39, 0.29) is 22.9 Å². The molecule has 1 saturated heterocycles. The van der Waals surface area contributed by atoms with Crippen molar-refractivity contribution in [2.75, 3.05) is 6.54 Å². The monoisotopic (exact) mass is 471 g/mol. The van der Waals surface area contributed by atoms with Crippen molar-refractivity contribution in [3.63, 3.8) is 0 Å². The van der Waals surface area contributed by atoms with Gasteiger partial charge in [0.05, 0.1) is 10.9 Å². The molecule has 9 heteroatoms. The summed E-state index contributed by atoms with van der Waals surface area (Å²) in [6, 6.07) is 14.9. The summed E-state index contributed by atoms with van der Waals surface area (Å²) < 4.78 is 27.9. The number of carboxylic acid groups (broad SMARTS) is 1. The van der Waals surface area contributed by atoms with E-state index in [9.17, 15) is 23.1 Å². The van der Waals surface area contributed by atoms with Crippen LogP contribution in [0, 0.1) is 0 Å². The first-order valence-electron chi connectivity index (χ1n) is 10.8. The SMILES string of the molecule is C=CC(=O)NC1CCN(S(=O)(=O)c2ccc(C(Cc3ccccc3)NC(=O)O)cc2)C(C)C1. The van der Waals surface area contributed by atoms with Crippen LogP contribution in [-0.2, 0) is 21.2 Å². The van der Waals surface area contributed by atoms with Crippen LogP contribution in [0.15, 0.2) is 72.1 Å². The molecule has 0 saturated carbocycles. The van der Waals surface area contributed by atoms with Crippen molar-refractivity contribution in [1.29, 1.82) is 0 Å². The molecule has 3 rings (SSSR count). The highest BCUT2D eigenvalue weighted by Gasteiger charge is 2.35. The molecule has 0 aliphatic carbocycles. The quantitative estimate of drug-likeness (QED) is 0.512. The van der Waals surface area contributed by atoms with E-state index in [1.54, 1.807) is 12.1 Å². The third kappa shape index (κ3) is 6.21. The minimum atomic E-state index is -3.73. The fourth-order valence-electron chi connectivity index (χ4n) is 4.16. The molecule has 2 aromatic carbocycles. The van der Waals surface area contributed by atoms with E-state index in [0.29, 0.717) is 31.4 Å². The topological polar surface area (TPSA) is 116 Å². The first kappa shape index (κ1) is 24.5. The van der Waals surface area contributed by atoms with Crippen molar-refractivity contribution in [3.05, 3.63) is 78.4 Å². The number of hydrogen-bond donors (Lipinski definition) is 3. The average Bonchev–Trinajstić information content (AvgIpc) is 2.79. The molecule has 33 heavy (non-hydrogen) atoms. The van der Waals surface area contributed by atoms with Crippen LogP contribution >= 0.6 is 0 Å². The van der Waals surface area contributed by atoms with Gasteiger partial charge in [-0.25, -0.2) is 13.2 Å². The van der Waals surface area contributed by atoms with Crippen LogP contribution in [0.25, 0.3) is 0 Å². The molecular weight excluding hydrogens is 442 g/mol. The van der Waals surface area contributed by atoms with Crippen LogP contribution < -0.4 is 10.6 Å². The van der Waals surface area contributed by atoms with Crippen LogP contribution in [0.4, 0.5) is 4.79 Å². The Balaban J connectivity index is 1.75. The minimum Gasteiger partial charge on any atom is -0.465 e. The summed E-state index contributed by atoms with van der Waals surface area (Å²) in [5, 5.41) is 14.6. The molecule has 8 nitrogen and oxygen atoms in total. The van der Waals surface area contributed by atoms with Crippen molar-refractivity contribution in [2.45, 2.75) is 49.2 Å². The second kappa shape index (κ2) is 10.6. The molecule has 176 valence electrons. The highest BCUT2D eigenvalue weighted by atomic mass is 32.2. The van der Waals surface area contributed by atoms with Gasteiger partial charge in [0, 0.05) is 18.6 Å². The van der Waals surface area contributed by atoms with E-state index in [4.69, 9.17) is 0 Å². The van der Waals surface area contributed by atoms with E-state index in [0.717, 1.165) is 5.56 Å². The van der Waals surface area contributed by atoms with Crippen LogP contribution in [0.3, 0.4) is 0 Å². The number of nitrogens with one attached hydrogen (secondary N) is 2. The van der Waals surface area contributed by atoms with E-state index in [1.165, 1.54) is 22.5 Å². The molecule has 3 unspecified atom stereocenters. The molecule has 1 aliphatic rings. The van der Waals surface area contributed by atoms with Crippen LogP contribution in [0.1, 0.15) is 36.9 Å². The Morgan fingerprint density at radius 1 is 1.18 bits per heavy atom.